The molecule has 0 aliphatic rings. The van der Waals surface area contributed by atoms with E-state index in [-0.39, 0.29) is 5.78 Å². The summed E-state index contributed by atoms with van der Waals surface area (Å²) in [4.78, 5) is 10.8. The Bertz CT molecular complexity index is 142. The van der Waals surface area contributed by atoms with Crippen molar-refractivity contribution in [3.05, 3.63) is 12.3 Å². The molecule has 0 rings (SSSR count). The van der Waals surface area contributed by atoms with Crippen LogP contribution in [0.15, 0.2) is 12.3 Å². The number of ketones is 1. The van der Waals surface area contributed by atoms with Gasteiger partial charge in [-0.15, -0.1) is 0 Å². The molecular weight excluding hydrogens is 126 g/mol. The lowest BCUT2D eigenvalue weighted by Crippen LogP contribution is -2.27. The Kier molecular flexibility index (Phi) is 3.30. The van der Waals surface area contributed by atoms with Crippen LogP contribution in [0.25, 0.3) is 0 Å². The van der Waals surface area contributed by atoms with Crippen molar-refractivity contribution in [2.45, 2.75) is 13.3 Å². The summed E-state index contributed by atoms with van der Waals surface area (Å²) in [6.45, 7) is 1.86. The normalized spacial score (nSPS) is 12.4. The van der Waals surface area contributed by atoms with Gasteiger partial charge in [0, 0.05) is 12.5 Å². The van der Waals surface area contributed by atoms with E-state index in [4.69, 9.17) is 0 Å². The summed E-state index contributed by atoms with van der Waals surface area (Å²) >= 11 is 0. The van der Waals surface area contributed by atoms with Gasteiger partial charge in [0.15, 0.2) is 5.78 Å². The molecule has 10 heavy (non-hydrogen) atoms. The molecule has 0 N–H and O–H groups in total. The van der Waals surface area contributed by atoms with Gasteiger partial charge in [-0.05, 0) is 0 Å². The van der Waals surface area contributed by atoms with Crippen LogP contribution in [0.2, 0.25) is 0 Å². The lowest BCUT2D eigenvalue weighted by molar-refractivity contribution is -0.817. The Labute approximate surface area is 62.7 Å². The van der Waals surface area contributed by atoms with Crippen molar-refractivity contribution in [1.82, 2.24) is 0 Å². The predicted molar refractivity (Wildman–Crippen MR) is 42.5 cm³/mol. The summed E-state index contributed by atoms with van der Waals surface area (Å²) in [6.07, 6.45) is 4.11. The van der Waals surface area contributed by atoms with Crippen molar-refractivity contribution in [1.29, 1.82) is 0 Å². The average molecular weight is 142 g/mol. The quantitative estimate of drug-likeness (QED) is 0.427. The first-order chi connectivity index (χ1) is 4.45. The average Bonchev–Trinajstić information content (AvgIpc) is 1.81. The molecule has 0 aromatic carbocycles. The van der Waals surface area contributed by atoms with Crippen LogP contribution in [0.4, 0.5) is 0 Å². The van der Waals surface area contributed by atoms with Gasteiger partial charge < -0.3 is 4.48 Å². The van der Waals surface area contributed by atoms with Gasteiger partial charge in [-0.25, -0.2) is 0 Å². The Morgan fingerprint density at radius 3 is 2.20 bits per heavy atom. The molecular formula is C8H16NO+. The Morgan fingerprint density at radius 2 is 1.90 bits per heavy atom. The van der Waals surface area contributed by atoms with Gasteiger partial charge in [0.2, 0.25) is 0 Å². The molecule has 0 aromatic rings. The largest absolute Gasteiger partial charge is 0.304 e. The standard InChI is InChI=1S/C8H16NO/c1-5-8(10)6-7-9(2,3)4/h6-7H,5H2,1-4H3/q+1/b7-6+. The summed E-state index contributed by atoms with van der Waals surface area (Å²) in [7, 11) is 6.04. The van der Waals surface area contributed by atoms with Crippen LogP contribution in [0.5, 0.6) is 0 Å². The van der Waals surface area contributed by atoms with Gasteiger partial charge in [-0.3, -0.25) is 4.79 Å². The summed E-state index contributed by atoms with van der Waals surface area (Å²) < 4.78 is 0.700. The number of nitrogens with zero attached hydrogens (tertiary/aromatic N) is 1. The summed E-state index contributed by atoms with van der Waals surface area (Å²) in [5.41, 5.74) is 0. The predicted octanol–water partition coefficient (Wildman–Crippen LogP) is 1.19. The van der Waals surface area contributed by atoms with Gasteiger partial charge in [-0.2, -0.15) is 0 Å². The molecule has 0 fully saturated rings. The second-order valence-corrected chi connectivity index (χ2v) is 3.25. The first-order valence-electron chi connectivity index (χ1n) is 3.49. The van der Waals surface area contributed by atoms with Crippen LogP contribution in [-0.2, 0) is 4.79 Å². The number of quaternary nitrogens is 1. The van der Waals surface area contributed by atoms with Crippen molar-refractivity contribution in [2.24, 2.45) is 0 Å². The van der Waals surface area contributed by atoms with E-state index in [0.717, 1.165) is 0 Å². The second kappa shape index (κ2) is 3.52. The molecule has 0 spiro atoms. The van der Waals surface area contributed by atoms with E-state index in [2.05, 4.69) is 0 Å². The number of carbonyl (C=O) groups excluding carboxylic acids is 1. The number of allylic oxidation sites excluding steroid dienone is 1. The lowest BCUT2D eigenvalue weighted by atomic mass is 10.3. The SMILES string of the molecule is CCC(=O)/C=C/[N+](C)(C)C. The van der Waals surface area contributed by atoms with E-state index in [1.807, 2.05) is 34.3 Å². The Balaban J connectivity index is 3.88. The summed E-state index contributed by atoms with van der Waals surface area (Å²) in [6, 6.07) is 0. The first kappa shape index (κ1) is 9.37. The van der Waals surface area contributed by atoms with E-state index in [9.17, 15) is 4.79 Å². The first-order valence-corrected chi connectivity index (χ1v) is 3.49. The van der Waals surface area contributed by atoms with Gasteiger partial charge in [0.05, 0.1) is 27.3 Å². The third kappa shape index (κ3) is 5.51. The molecule has 0 bridgehead atoms. The van der Waals surface area contributed by atoms with Crippen molar-refractivity contribution in [3.8, 4) is 0 Å². The van der Waals surface area contributed by atoms with Crippen molar-refractivity contribution in [3.63, 3.8) is 0 Å². The maximum absolute atomic E-state index is 10.8. The van der Waals surface area contributed by atoms with E-state index in [1.165, 1.54) is 0 Å². The Hall–Kier alpha value is -0.630. The van der Waals surface area contributed by atoms with Crippen LogP contribution in [-0.4, -0.2) is 31.4 Å². The minimum absolute atomic E-state index is 0.188. The van der Waals surface area contributed by atoms with Crippen LogP contribution < -0.4 is 0 Å². The van der Waals surface area contributed by atoms with Gasteiger partial charge in [0.1, 0.15) is 0 Å². The molecule has 0 atom stereocenters. The fraction of sp³-hybridized carbons (Fsp3) is 0.625. The highest BCUT2D eigenvalue weighted by atomic mass is 16.1. The fourth-order valence-electron chi connectivity index (χ4n) is 0.425. The molecule has 0 saturated heterocycles. The van der Waals surface area contributed by atoms with Crippen molar-refractivity contribution < 1.29 is 9.28 Å². The van der Waals surface area contributed by atoms with Gasteiger partial charge in [-0.1, -0.05) is 6.92 Å². The smallest absolute Gasteiger partial charge is 0.160 e. The lowest BCUT2D eigenvalue weighted by Gasteiger charge is -2.16. The Morgan fingerprint density at radius 1 is 1.40 bits per heavy atom. The third-order valence-electron chi connectivity index (χ3n) is 1.06. The maximum Gasteiger partial charge on any atom is 0.160 e. The number of rotatable bonds is 3. The number of hydrogen-bond acceptors (Lipinski definition) is 1. The van der Waals surface area contributed by atoms with Crippen LogP contribution in [0, 0.1) is 0 Å². The summed E-state index contributed by atoms with van der Waals surface area (Å²) in [5.74, 6) is 0.188. The zero-order chi connectivity index (χ0) is 8.20. The highest BCUT2D eigenvalue weighted by Gasteiger charge is 2.00. The minimum Gasteiger partial charge on any atom is -0.304 e. The van der Waals surface area contributed by atoms with Gasteiger partial charge in [0.25, 0.3) is 0 Å². The van der Waals surface area contributed by atoms with Crippen LogP contribution in [0.1, 0.15) is 13.3 Å². The zero-order valence-corrected chi connectivity index (χ0v) is 7.22. The van der Waals surface area contributed by atoms with Gasteiger partial charge >= 0.3 is 0 Å². The maximum atomic E-state index is 10.8. The molecule has 0 heterocycles. The zero-order valence-electron chi connectivity index (χ0n) is 7.22. The van der Waals surface area contributed by atoms with E-state index in [1.54, 1.807) is 6.08 Å². The van der Waals surface area contributed by atoms with E-state index < -0.39 is 0 Å². The summed E-state index contributed by atoms with van der Waals surface area (Å²) in [5, 5.41) is 0. The number of carbonyl (C=O) groups is 1. The van der Waals surface area contributed by atoms with Crippen molar-refractivity contribution in [2.75, 3.05) is 21.1 Å². The minimum atomic E-state index is 0.188. The van der Waals surface area contributed by atoms with Crippen LogP contribution in [0.3, 0.4) is 0 Å². The monoisotopic (exact) mass is 142 g/mol. The molecule has 2 heteroatoms. The van der Waals surface area contributed by atoms with Crippen molar-refractivity contribution >= 4 is 5.78 Å². The van der Waals surface area contributed by atoms with E-state index >= 15 is 0 Å². The third-order valence-corrected chi connectivity index (χ3v) is 1.06. The molecule has 0 aliphatic carbocycles. The topological polar surface area (TPSA) is 17.1 Å². The number of hydrogen-bond donors (Lipinski definition) is 0. The highest BCUT2D eigenvalue weighted by molar-refractivity contribution is 5.88. The molecule has 0 amide bonds. The van der Waals surface area contributed by atoms with Crippen LogP contribution >= 0.6 is 0 Å². The molecule has 0 unspecified atom stereocenters. The molecule has 0 saturated carbocycles. The van der Waals surface area contributed by atoms with E-state index in [0.29, 0.717) is 10.9 Å². The molecule has 2 nitrogen and oxygen atoms in total. The molecule has 0 aromatic heterocycles. The fourth-order valence-corrected chi connectivity index (χ4v) is 0.425. The highest BCUT2D eigenvalue weighted by Crippen LogP contribution is 1.92. The molecule has 0 aliphatic heterocycles. The second-order valence-electron chi connectivity index (χ2n) is 3.25. The molecule has 0 radical (unpaired) electrons. The molecule has 58 valence electrons.